The van der Waals surface area contributed by atoms with E-state index < -0.39 is 37.0 Å². The summed E-state index contributed by atoms with van der Waals surface area (Å²) < 4.78 is 35.9. The van der Waals surface area contributed by atoms with Crippen molar-refractivity contribution in [1.82, 2.24) is 19.6 Å². The van der Waals surface area contributed by atoms with Crippen LogP contribution in [0.2, 0.25) is 0 Å². The van der Waals surface area contributed by atoms with E-state index in [9.17, 15) is 28.4 Å². The maximum atomic E-state index is 14.0. The number of pyridine rings is 1. The van der Waals surface area contributed by atoms with Crippen LogP contribution in [0.5, 0.6) is 11.5 Å². The van der Waals surface area contributed by atoms with Crippen molar-refractivity contribution in [2.75, 3.05) is 43.4 Å². The molecule has 1 saturated carbocycles. The van der Waals surface area contributed by atoms with Crippen LogP contribution in [0.15, 0.2) is 120 Å². The Morgan fingerprint density at radius 2 is 1.77 bits per heavy atom. The molecule has 336 valence electrons. The number of hydrogen-bond donors (Lipinski definition) is 4. The molecule has 4 N–H and O–H groups in total. The van der Waals surface area contributed by atoms with Gasteiger partial charge in [-0.2, -0.15) is 0 Å². The summed E-state index contributed by atoms with van der Waals surface area (Å²) in [6.07, 6.45) is 11.6. The van der Waals surface area contributed by atoms with Gasteiger partial charge in [-0.15, -0.1) is 0 Å². The third kappa shape index (κ3) is 9.63. The number of benzene rings is 4. The number of hydrogen-bond acceptors (Lipinski definition) is 11. The number of sulfonamides is 1. The molecular formula is C50H53N7O7S. The molecule has 0 unspecified atom stereocenters. The molecule has 1 aliphatic carbocycles. The lowest BCUT2D eigenvalue weighted by atomic mass is 9.80. The molecule has 1 atom stereocenters. The van der Waals surface area contributed by atoms with Crippen molar-refractivity contribution >= 4 is 49.6 Å². The zero-order valence-corrected chi connectivity index (χ0v) is 37.3. The molecule has 14 nitrogen and oxygen atoms in total. The van der Waals surface area contributed by atoms with Gasteiger partial charge < -0.3 is 29.9 Å². The lowest BCUT2D eigenvalue weighted by Crippen LogP contribution is -2.32. The number of rotatable bonds is 13. The minimum absolute atomic E-state index is 0.0688. The second kappa shape index (κ2) is 18.1. The Kier molecular flexibility index (Phi) is 12.2. The third-order valence-electron chi connectivity index (χ3n) is 13.2. The highest BCUT2D eigenvalue weighted by atomic mass is 32.2. The molecule has 2 aliphatic heterocycles. The molecule has 1 saturated heterocycles. The van der Waals surface area contributed by atoms with Crippen LogP contribution < -0.4 is 19.7 Å². The molecule has 3 aliphatic rings. The van der Waals surface area contributed by atoms with Crippen molar-refractivity contribution in [2.24, 2.45) is 5.92 Å². The number of H-pyrrole nitrogens is 1. The number of nitrogens with zero attached hydrogens (tertiary/aromatic N) is 4. The molecule has 2 aromatic heterocycles. The van der Waals surface area contributed by atoms with Crippen LogP contribution in [0.3, 0.4) is 0 Å². The lowest BCUT2D eigenvalue weighted by Gasteiger charge is -2.33. The summed E-state index contributed by atoms with van der Waals surface area (Å²) in [6.45, 7) is 5.16. The molecule has 0 radical (unpaired) electrons. The predicted octanol–water partition coefficient (Wildman–Crippen LogP) is 9.46. The number of carbonyl (C=O) groups excluding carboxylic acids is 1. The highest BCUT2D eigenvalue weighted by molar-refractivity contribution is 7.90. The largest absolute Gasteiger partial charge is 0.455 e. The summed E-state index contributed by atoms with van der Waals surface area (Å²) in [5, 5.41) is 26.4. The first-order valence-corrected chi connectivity index (χ1v) is 23.7. The summed E-state index contributed by atoms with van der Waals surface area (Å²) in [7, 11) is -2.44. The maximum Gasteiger partial charge on any atom is 0.293 e. The number of aliphatic hydroxyl groups is 1. The lowest BCUT2D eigenvalue weighted by molar-refractivity contribution is -0.384. The van der Waals surface area contributed by atoms with E-state index in [0.717, 1.165) is 80.0 Å². The molecule has 1 amide bonds. The number of nitro benzene ring substituents is 1. The standard InChI is InChI=1S/C50H53N7O7S/c1-50(59)22-17-33(18-23-50)31-52-44-16-14-40(30-46(44)57(60)61)65(62,63)54-49(58)43-15-11-36(29-47(43)64-39-28-37-19-24-51-48(37)53-32-39)34-9-12-38(13-10-34)56-25-5-8-45(56)42-7-4-3-6-41(42)35-20-26-55(2)27-21-35/h3-4,6-7,9-16,19-20,24,28-30,32-33,45,52,59H,5,8,17-18,21-23,25-27,31H2,1-2H3,(H,51,53)(H,54,58)/t33?,45-,50?/m1/s1. The smallest absolute Gasteiger partial charge is 0.293 e. The number of nitro groups is 1. The highest BCUT2D eigenvalue weighted by Crippen LogP contribution is 2.41. The molecule has 15 heteroatoms. The number of likely N-dealkylation sites (N-methyl/N-ethyl adjacent to an activating group) is 1. The van der Waals surface area contributed by atoms with Gasteiger partial charge >= 0.3 is 0 Å². The van der Waals surface area contributed by atoms with Gasteiger partial charge in [-0.05, 0) is 141 Å². The molecule has 4 aromatic carbocycles. The van der Waals surface area contributed by atoms with Crippen molar-refractivity contribution in [3.8, 4) is 22.6 Å². The second-order valence-corrected chi connectivity index (χ2v) is 19.5. The van der Waals surface area contributed by atoms with E-state index in [0.29, 0.717) is 30.8 Å². The summed E-state index contributed by atoms with van der Waals surface area (Å²) in [5.74, 6) is -0.365. The third-order valence-corrected chi connectivity index (χ3v) is 14.5. The fraction of sp³-hybridized carbons (Fsp3) is 0.320. The van der Waals surface area contributed by atoms with E-state index in [2.05, 4.69) is 79.3 Å². The zero-order valence-electron chi connectivity index (χ0n) is 36.5. The summed E-state index contributed by atoms with van der Waals surface area (Å²) in [4.78, 5) is 37.3. The van der Waals surface area contributed by atoms with Crippen LogP contribution in [0.4, 0.5) is 17.1 Å². The number of amides is 1. The van der Waals surface area contributed by atoms with Crippen molar-refractivity contribution in [2.45, 2.75) is 68.4 Å². The Balaban J connectivity index is 0.964. The number of anilines is 2. The Morgan fingerprint density at radius 3 is 2.54 bits per heavy atom. The Hall–Kier alpha value is -6.55. The Labute approximate surface area is 378 Å². The van der Waals surface area contributed by atoms with Crippen molar-refractivity contribution in [3.63, 3.8) is 0 Å². The summed E-state index contributed by atoms with van der Waals surface area (Å²) in [5.41, 5.74) is 6.39. The molecule has 65 heavy (non-hydrogen) atoms. The average molecular weight is 896 g/mol. The van der Waals surface area contributed by atoms with E-state index >= 15 is 0 Å². The number of fused-ring (bicyclic) bond motifs is 1. The summed E-state index contributed by atoms with van der Waals surface area (Å²) in [6, 6.07) is 29.4. The molecule has 0 bridgehead atoms. The van der Waals surface area contributed by atoms with Gasteiger partial charge in [0, 0.05) is 49.5 Å². The minimum atomic E-state index is -4.59. The van der Waals surface area contributed by atoms with Gasteiger partial charge in [-0.1, -0.05) is 48.5 Å². The van der Waals surface area contributed by atoms with Crippen LogP contribution in [0.1, 0.15) is 79.4 Å². The molecular weight excluding hydrogens is 843 g/mol. The van der Waals surface area contributed by atoms with Crippen molar-refractivity contribution in [3.05, 3.63) is 142 Å². The predicted molar refractivity (Wildman–Crippen MR) is 253 cm³/mol. The monoisotopic (exact) mass is 895 g/mol. The van der Waals surface area contributed by atoms with E-state index in [-0.39, 0.29) is 29.0 Å². The quantitative estimate of drug-likeness (QED) is 0.0640. The van der Waals surface area contributed by atoms with Crippen LogP contribution in [0.25, 0.3) is 27.7 Å². The van der Waals surface area contributed by atoms with Crippen LogP contribution in [0, 0.1) is 16.0 Å². The summed E-state index contributed by atoms with van der Waals surface area (Å²) >= 11 is 0. The average Bonchev–Trinajstić information content (AvgIpc) is 3.99. The molecule has 0 spiro atoms. The number of carbonyl (C=O) groups is 1. The first-order valence-electron chi connectivity index (χ1n) is 22.2. The van der Waals surface area contributed by atoms with Crippen molar-refractivity contribution in [1.29, 1.82) is 0 Å². The van der Waals surface area contributed by atoms with E-state index in [1.807, 2.05) is 25.1 Å². The topological polar surface area (TPSA) is 183 Å². The Morgan fingerprint density at radius 1 is 0.985 bits per heavy atom. The van der Waals surface area contributed by atoms with Crippen LogP contribution in [-0.4, -0.2) is 78.1 Å². The molecule has 2 fully saturated rings. The van der Waals surface area contributed by atoms with Gasteiger partial charge in [-0.25, -0.2) is 18.1 Å². The number of aromatic nitrogens is 2. The SMILES string of the molecule is CN1CC=C(c2ccccc2[C@H]2CCCN2c2ccc(-c3ccc(C(=O)NS(=O)(=O)c4ccc(NCC5CCC(C)(O)CC5)c([N+](=O)[O-])c4)c(Oc4cnc5[nH]ccc5c4)c3)cc2)CC1. The van der Waals surface area contributed by atoms with Crippen LogP contribution >= 0.6 is 0 Å². The van der Waals surface area contributed by atoms with E-state index in [4.69, 9.17) is 4.74 Å². The maximum absolute atomic E-state index is 14.0. The van der Waals surface area contributed by atoms with Crippen LogP contribution in [-0.2, 0) is 10.0 Å². The fourth-order valence-electron chi connectivity index (χ4n) is 9.39. The number of aromatic amines is 1. The van der Waals surface area contributed by atoms with Gasteiger partial charge in [0.05, 0.1) is 33.2 Å². The van der Waals surface area contributed by atoms with Gasteiger partial charge in [-0.3, -0.25) is 14.9 Å². The van der Waals surface area contributed by atoms with Gasteiger partial charge in [0.25, 0.3) is 21.6 Å². The zero-order chi connectivity index (χ0) is 45.3. The number of ether oxygens (including phenoxy) is 1. The highest BCUT2D eigenvalue weighted by Gasteiger charge is 2.31. The Bertz CT molecular complexity index is 2890. The molecule has 4 heterocycles. The normalized spacial score (nSPS) is 20.4. The first kappa shape index (κ1) is 43.7. The van der Waals surface area contributed by atoms with Gasteiger partial charge in [0.1, 0.15) is 22.8 Å². The van der Waals surface area contributed by atoms with Gasteiger partial charge in [0.15, 0.2) is 0 Å². The second-order valence-electron chi connectivity index (χ2n) is 17.8. The molecule has 6 aromatic rings. The fourth-order valence-corrected chi connectivity index (χ4v) is 10.4. The van der Waals surface area contributed by atoms with Gasteiger partial charge in [0.2, 0.25) is 0 Å². The molecule has 9 rings (SSSR count). The minimum Gasteiger partial charge on any atom is -0.455 e. The van der Waals surface area contributed by atoms with E-state index in [1.165, 1.54) is 41.1 Å². The van der Waals surface area contributed by atoms with E-state index in [1.54, 1.807) is 24.4 Å². The van der Waals surface area contributed by atoms with Crippen molar-refractivity contribution < 1.29 is 28.0 Å². The first-order chi connectivity index (χ1) is 31.3. The number of nitrogens with one attached hydrogen (secondary N) is 3.